The molecule has 2 aliphatic carbocycles. The molecule has 2 N–H and O–H groups in total. The van der Waals surface area contributed by atoms with Crippen LogP contribution in [0.2, 0.25) is 0 Å². The molecule has 0 atom stereocenters. The molecule has 4 heteroatoms. The lowest BCUT2D eigenvalue weighted by Crippen LogP contribution is -2.03. The van der Waals surface area contributed by atoms with Gasteiger partial charge in [-0.15, -0.1) is 0 Å². The zero-order valence-corrected chi connectivity index (χ0v) is 16.3. The number of phenols is 2. The Balaban J connectivity index is 1.60. The van der Waals surface area contributed by atoms with Crippen molar-refractivity contribution in [2.24, 2.45) is 9.98 Å². The summed E-state index contributed by atoms with van der Waals surface area (Å²) in [4.78, 5) is 9.37. The molecular formula is C24H28N2O2. The van der Waals surface area contributed by atoms with Crippen LogP contribution in [0.1, 0.15) is 64.2 Å². The average Bonchev–Trinajstić information content (AvgIpc) is 2.73. The maximum Gasteiger partial charge on any atom is 0.141 e. The second kappa shape index (κ2) is 8.59. The highest BCUT2D eigenvalue weighted by molar-refractivity contribution is 5.89. The van der Waals surface area contributed by atoms with E-state index in [9.17, 15) is 10.2 Å². The molecule has 0 radical (unpaired) electrons. The largest absolute Gasteiger partial charge is 0.506 e. The smallest absolute Gasteiger partial charge is 0.141 e. The predicted octanol–water partition coefficient (Wildman–Crippen LogP) is 6.84. The normalized spacial score (nSPS) is 17.4. The van der Waals surface area contributed by atoms with Crippen LogP contribution >= 0.6 is 0 Å². The number of phenolic OH excluding ortho intramolecular Hbond substituents is 2. The van der Waals surface area contributed by atoms with E-state index in [1.54, 1.807) is 12.1 Å². The molecule has 4 rings (SSSR count). The highest BCUT2D eigenvalue weighted by Gasteiger charge is 2.12. The van der Waals surface area contributed by atoms with Gasteiger partial charge in [0, 0.05) is 11.4 Å². The van der Waals surface area contributed by atoms with Gasteiger partial charge < -0.3 is 10.2 Å². The topological polar surface area (TPSA) is 65.2 Å². The highest BCUT2D eigenvalue weighted by Crippen LogP contribution is 2.37. The Kier molecular flexibility index (Phi) is 5.75. The molecule has 28 heavy (non-hydrogen) atoms. The quantitative estimate of drug-likeness (QED) is 0.616. The van der Waals surface area contributed by atoms with Crippen molar-refractivity contribution in [3.8, 4) is 22.6 Å². The molecular weight excluding hydrogens is 348 g/mol. The molecule has 0 unspecified atom stereocenters. The van der Waals surface area contributed by atoms with Gasteiger partial charge in [0.15, 0.2) is 0 Å². The summed E-state index contributed by atoms with van der Waals surface area (Å²) in [7, 11) is 0. The van der Waals surface area contributed by atoms with Crippen molar-refractivity contribution < 1.29 is 10.2 Å². The Morgan fingerprint density at radius 2 is 1.07 bits per heavy atom. The van der Waals surface area contributed by atoms with Gasteiger partial charge in [-0.25, -0.2) is 0 Å². The van der Waals surface area contributed by atoms with Crippen molar-refractivity contribution >= 4 is 22.8 Å². The van der Waals surface area contributed by atoms with Crippen LogP contribution in [0, 0.1) is 0 Å². The van der Waals surface area contributed by atoms with E-state index in [-0.39, 0.29) is 11.5 Å². The highest BCUT2D eigenvalue weighted by atomic mass is 16.3. The fourth-order valence-electron chi connectivity index (χ4n) is 4.07. The van der Waals surface area contributed by atoms with Crippen LogP contribution in [0.25, 0.3) is 11.1 Å². The van der Waals surface area contributed by atoms with Gasteiger partial charge in [0.05, 0.1) is 0 Å². The molecule has 2 aromatic rings. The van der Waals surface area contributed by atoms with Gasteiger partial charge in [0.2, 0.25) is 0 Å². The molecule has 4 nitrogen and oxygen atoms in total. The van der Waals surface area contributed by atoms with Gasteiger partial charge in [-0.2, -0.15) is 0 Å². The predicted molar refractivity (Wildman–Crippen MR) is 116 cm³/mol. The molecule has 0 amide bonds. The fraction of sp³-hybridized carbons (Fsp3) is 0.417. The molecule has 0 aromatic heterocycles. The number of rotatable bonds is 3. The van der Waals surface area contributed by atoms with E-state index in [4.69, 9.17) is 4.99 Å². The van der Waals surface area contributed by atoms with Crippen molar-refractivity contribution in [3.63, 3.8) is 0 Å². The molecule has 0 spiro atoms. The summed E-state index contributed by atoms with van der Waals surface area (Å²) >= 11 is 0. The summed E-state index contributed by atoms with van der Waals surface area (Å²) in [5.41, 5.74) is 5.43. The lowest BCUT2D eigenvalue weighted by molar-refractivity contribution is 0.477. The first-order chi connectivity index (χ1) is 13.7. The zero-order chi connectivity index (χ0) is 19.3. The first-order valence-electron chi connectivity index (χ1n) is 10.5. The Labute approximate surface area is 166 Å². The minimum absolute atomic E-state index is 0.198. The fourth-order valence-corrected chi connectivity index (χ4v) is 4.07. The van der Waals surface area contributed by atoms with Gasteiger partial charge in [-0.3, -0.25) is 9.98 Å². The Bertz CT molecular complexity index is 899. The zero-order valence-electron chi connectivity index (χ0n) is 16.3. The van der Waals surface area contributed by atoms with Gasteiger partial charge in [-0.1, -0.05) is 25.0 Å². The van der Waals surface area contributed by atoms with E-state index in [2.05, 4.69) is 4.99 Å². The maximum absolute atomic E-state index is 10.5. The molecule has 2 fully saturated rings. The minimum atomic E-state index is 0.198. The lowest BCUT2D eigenvalue weighted by atomic mass is 9.98. The number of aromatic hydroxyl groups is 2. The third-order valence-corrected chi connectivity index (χ3v) is 5.70. The molecule has 0 heterocycles. The Hall–Kier alpha value is -2.62. The second-order valence-corrected chi connectivity index (χ2v) is 7.88. The lowest BCUT2D eigenvalue weighted by Gasteiger charge is -2.14. The number of aliphatic imine (C=N–C) groups is 2. The van der Waals surface area contributed by atoms with E-state index in [1.807, 2.05) is 24.3 Å². The standard InChI is InChI=1S/C24H28N2O2/c27-23-14-12-17(15-22(23)26-20-9-5-2-6-10-20)18-11-13-21(24(28)16-18)25-19-7-3-1-4-8-19/h11-16,27-28H,1-10H2. The molecule has 0 aliphatic heterocycles. The van der Waals surface area contributed by atoms with Gasteiger partial charge in [0.1, 0.15) is 22.9 Å². The van der Waals surface area contributed by atoms with Crippen LogP contribution in [0.3, 0.4) is 0 Å². The average molecular weight is 377 g/mol. The van der Waals surface area contributed by atoms with Crippen molar-refractivity contribution in [1.82, 2.24) is 0 Å². The molecule has 0 bridgehead atoms. The van der Waals surface area contributed by atoms with Crippen molar-refractivity contribution in [2.75, 3.05) is 0 Å². The number of hydrogen-bond acceptors (Lipinski definition) is 4. The van der Waals surface area contributed by atoms with Crippen LogP contribution in [-0.4, -0.2) is 21.6 Å². The van der Waals surface area contributed by atoms with E-state index in [1.165, 1.54) is 49.9 Å². The van der Waals surface area contributed by atoms with E-state index in [0.29, 0.717) is 11.4 Å². The van der Waals surface area contributed by atoms with E-state index >= 15 is 0 Å². The van der Waals surface area contributed by atoms with Crippen LogP contribution in [0.5, 0.6) is 11.5 Å². The first-order valence-corrected chi connectivity index (χ1v) is 10.5. The first kappa shape index (κ1) is 18.7. The Morgan fingerprint density at radius 3 is 1.68 bits per heavy atom. The number of nitrogens with zero attached hydrogens (tertiary/aromatic N) is 2. The Morgan fingerprint density at radius 1 is 0.536 bits per heavy atom. The summed E-state index contributed by atoms with van der Waals surface area (Å²) in [5.74, 6) is 0.398. The van der Waals surface area contributed by atoms with Gasteiger partial charge >= 0.3 is 0 Å². The van der Waals surface area contributed by atoms with Crippen LogP contribution in [0.15, 0.2) is 46.4 Å². The maximum atomic E-state index is 10.5. The summed E-state index contributed by atoms with van der Waals surface area (Å²) in [6.07, 6.45) is 11.4. The number of benzene rings is 2. The molecule has 2 aromatic carbocycles. The summed E-state index contributed by atoms with van der Waals surface area (Å²) in [5, 5.41) is 20.7. The summed E-state index contributed by atoms with van der Waals surface area (Å²) < 4.78 is 0. The second-order valence-electron chi connectivity index (χ2n) is 7.88. The molecule has 146 valence electrons. The molecule has 2 aliphatic rings. The van der Waals surface area contributed by atoms with Gasteiger partial charge in [-0.05, 0) is 86.8 Å². The van der Waals surface area contributed by atoms with Crippen LogP contribution in [0.4, 0.5) is 11.4 Å². The van der Waals surface area contributed by atoms with Crippen LogP contribution in [-0.2, 0) is 0 Å². The van der Waals surface area contributed by atoms with Crippen molar-refractivity contribution in [2.45, 2.75) is 64.2 Å². The molecule has 0 saturated heterocycles. The third-order valence-electron chi connectivity index (χ3n) is 5.70. The van der Waals surface area contributed by atoms with Crippen molar-refractivity contribution in [1.29, 1.82) is 0 Å². The van der Waals surface area contributed by atoms with Gasteiger partial charge in [0.25, 0.3) is 0 Å². The number of hydrogen-bond donors (Lipinski definition) is 2. The molecule has 2 saturated carbocycles. The minimum Gasteiger partial charge on any atom is -0.506 e. The SMILES string of the molecule is Oc1cc(-c2ccc(O)c(N=C3CCCCC3)c2)ccc1N=C1CCCCC1. The van der Waals surface area contributed by atoms with Crippen molar-refractivity contribution in [3.05, 3.63) is 36.4 Å². The van der Waals surface area contributed by atoms with Crippen LogP contribution < -0.4 is 0 Å². The monoisotopic (exact) mass is 376 g/mol. The summed E-state index contributed by atoms with van der Waals surface area (Å²) in [6, 6.07) is 11.1. The van der Waals surface area contributed by atoms with E-state index < -0.39 is 0 Å². The van der Waals surface area contributed by atoms with E-state index in [0.717, 1.165) is 36.8 Å². The third kappa shape index (κ3) is 4.44. The summed E-state index contributed by atoms with van der Waals surface area (Å²) in [6.45, 7) is 0.